The number of nitrogens with one attached hydrogen (secondary N) is 2. The Labute approximate surface area is 351 Å². The first kappa shape index (κ1) is 37.9. The number of benzene rings is 4. The van der Waals surface area contributed by atoms with E-state index in [0.29, 0.717) is 112 Å². The van der Waals surface area contributed by atoms with E-state index >= 15 is 0 Å². The third-order valence-corrected chi connectivity index (χ3v) is 10.8. The van der Waals surface area contributed by atoms with Crippen molar-refractivity contribution in [1.29, 1.82) is 0 Å². The zero-order valence-corrected chi connectivity index (χ0v) is 32.8. The van der Waals surface area contributed by atoms with Crippen molar-refractivity contribution >= 4 is 91.9 Å². The third-order valence-electron chi connectivity index (χ3n) is 10.4. The van der Waals surface area contributed by atoms with Crippen molar-refractivity contribution in [3.63, 3.8) is 0 Å². The first-order valence-corrected chi connectivity index (χ1v) is 19.4. The van der Waals surface area contributed by atoms with E-state index < -0.39 is 22.3 Å². The van der Waals surface area contributed by atoms with Crippen LogP contribution in [0.15, 0.2) is 121 Å². The lowest BCUT2D eigenvalue weighted by atomic mass is 10.0. The molecule has 0 fully saturated rings. The highest BCUT2D eigenvalue weighted by molar-refractivity contribution is 6.68. The molecule has 2 amide bonds. The number of carbonyl (C=O) groups is 4. The minimum atomic E-state index is -0.610. The third kappa shape index (κ3) is 7.00. The second-order valence-electron chi connectivity index (χ2n) is 14.1. The van der Waals surface area contributed by atoms with Crippen molar-refractivity contribution in [3.8, 4) is 44.5 Å². The Bertz CT molecular complexity index is 2830. The summed E-state index contributed by atoms with van der Waals surface area (Å²) in [6.45, 7) is 0. The molecule has 7 aromatic rings. The molecule has 0 atom stereocenters. The van der Waals surface area contributed by atoms with Crippen LogP contribution in [-0.4, -0.2) is 42.2 Å². The topological polar surface area (TPSA) is 178 Å². The van der Waals surface area contributed by atoms with Crippen LogP contribution in [0.5, 0.6) is 0 Å². The van der Waals surface area contributed by atoms with Gasteiger partial charge in [0, 0.05) is 66.6 Å². The minimum absolute atomic E-state index is 0.304. The molecule has 5 heterocycles. The van der Waals surface area contributed by atoms with Crippen LogP contribution in [0.3, 0.4) is 0 Å². The average molecular weight is 826 g/mol. The highest BCUT2D eigenvalue weighted by Gasteiger charge is 2.21. The zero-order chi connectivity index (χ0) is 41.7. The van der Waals surface area contributed by atoms with Gasteiger partial charge in [0.15, 0.2) is 0 Å². The van der Waals surface area contributed by atoms with Gasteiger partial charge in [-0.15, -0.1) is 0 Å². The van der Waals surface area contributed by atoms with Crippen molar-refractivity contribution < 1.29 is 19.2 Å². The molecule has 8 bridgehead atoms. The molecule has 2 aliphatic heterocycles. The second kappa shape index (κ2) is 15.3. The van der Waals surface area contributed by atoms with E-state index in [2.05, 4.69) is 9.97 Å². The molecule has 6 N–H and O–H groups in total. The van der Waals surface area contributed by atoms with Crippen molar-refractivity contribution in [1.82, 2.24) is 19.9 Å². The van der Waals surface area contributed by atoms with Gasteiger partial charge in [-0.2, -0.15) is 0 Å². The summed E-state index contributed by atoms with van der Waals surface area (Å²) in [6, 6.07) is 35.7. The number of halogens is 2. The molecule has 12 heteroatoms. The van der Waals surface area contributed by atoms with Crippen LogP contribution in [0.25, 0.3) is 90.9 Å². The molecule has 0 spiro atoms. The van der Waals surface area contributed by atoms with Gasteiger partial charge in [0.1, 0.15) is 0 Å². The largest absolute Gasteiger partial charge is 0.366 e. The predicted octanol–water partition coefficient (Wildman–Crippen LogP) is 10.3. The number of carbonyl (C=O) groups excluding carboxylic acids is 4. The van der Waals surface area contributed by atoms with Crippen LogP contribution in [0.1, 0.15) is 64.2 Å². The van der Waals surface area contributed by atoms with E-state index in [1.165, 1.54) is 0 Å². The molecule has 10 nitrogen and oxygen atoms in total. The molecule has 290 valence electrons. The number of nitrogens with zero attached hydrogens (tertiary/aromatic N) is 2. The summed E-state index contributed by atoms with van der Waals surface area (Å²) in [6.07, 6.45) is 7.55. The monoisotopic (exact) mass is 824 g/mol. The van der Waals surface area contributed by atoms with Gasteiger partial charge in [0.05, 0.1) is 22.8 Å². The number of primary amides is 2. The Morgan fingerprint density at radius 2 is 0.667 bits per heavy atom. The molecule has 2 aliphatic rings. The first-order valence-electron chi connectivity index (χ1n) is 18.6. The predicted molar refractivity (Wildman–Crippen MR) is 238 cm³/mol. The summed E-state index contributed by atoms with van der Waals surface area (Å²) in [5, 5.41) is -1.22. The van der Waals surface area contributed by atoms with E-state index in [1.807, 2.05) is 72.8 Å². The molecule has 0 unspecified atom stereocenters. The number of nitrogens with two attached hydrogens (primary N) is 2. The molecule has 0 aliphatic carbocycles. The van der Waals surface area contributed by atoms with Crippen molar-refractivity contribution in [3.05, 3.63) is 166 Å². The highest BCUT2D eigenvalue weighted by atomic mass is 35.5. The molecule has 9 rings (SSSR count). The molecule has 0 saturated heterocycles. The Morgan fingerprint density at radius 1 is 0.400 bits per heavy atom. The SMILES string of the molecule is NC(=O)c1cccc(-c2c3nc(c(-c4cccc(C(=O)Cl)c4)c4ccc([nH]4)c(-c4cccc(C(N)=O)c4)c4nc(c(-c5cccc(C(=O)Cl)c5)c5ccc2[nH]5)C=C4)C=C3)c1. The normalized spacial score (nSPS) is 11.8. The van der Waals surface area contributed by atoms with Crippen LogP contribution >= 0.6 is 23.2 Å². The smallest absolute Gasteiger partial charge is 0.252 e. The van der Waals surface area contributed by atoms with Gasteiger partial charge < -0.3 is 21.4 Å². The number of aromatic nitrogens is 4. The Kier molecular flexibility index (Phi) is 9.64. The van der Waals surface area contributed by atoms with E-state index in [9.17, 15) is 19.2 Å². The maximum absolute atomic E-state index is 12.4. The average Bonchev–Trinajstić information content (AvgIpc) is 4.09. The second-order valence-corrected chi connectivity index (χ2v) is 14.8. The minimum Gasteiger partial charge on any atom is -0.366 e. The van der Waals surface area contributed by atoms with Crippen molar-refractivity contribution in [2.45, 2.75) is 0 Å². The maximum atomic E-state index is 12.4. The van der Waals surface area contributed by atoms with Crippen molar-refractivity contribution in [2.75, 3.05) is 0 Å². The van der Waals surface area contributed by atoms with Gasteiger partial charge in [-0.3, -0.25) is 19.2 Å². The standard InChI is InChI=1S/C48H30Cl2N6O4/c49-45(57)29-9-1-5-25(21-29)41-33-13-17-37(53-33)43(27-7-3-11-31(23-27)47(51)59)39-19-15-35(55-39)42(26-6-2-10-30(22-26)46(50)58)36-16-20-40(56-36)44(38-18-14-34(41)54-38)28-8-4-12-32(24-28)48(52)60/h1-24,53,56H,(H2,51,59)(H2,52,60). The van der Waals surface area contributed by atoms with Crippen LogP contribution < -0.4 is 11.5 Å². The van der Waals surface area contributed by atoms with Gasteiger partial charge in [0.25, 0.3) is 10.5 Å². The maximum Gasteiger partial charge on any atom is 0.252 e. The number of amides is 2. The van der Waals surface area contributed by atoms with E-state index in [-0.39, 0.29) is 0 Å². The molecular formula is C48H30Cl2N6O4. The number of H-pyrrole nitrogens is 2. The summed E-state index contributed by atoms with van der Waals surface area (Å²) in [5.74, 6) is -1.17. The molecule has 0 saturated carbocycles. The quantitative estimate of drug-likeness (QED) is 0.111. The lowest BCUT2D eigenvalue weighted by Crippen LogP contribution is -2.10. The Balaban J connectivity index is 1.48. The summed E-state index contributed by atoms with van der Waals surface area (Å²) in [4.78, 5) is 67.4. The van der Waals surface area contributed by atoms with Gasteiger partial charge >= 0.3 is 0 Å². The highest BCUT2D eigenvalue weighted by Crippen LogP contribution is 2.39. The van der Waals surface area contributed by atoms with Gasteiger partial charge in [-0.05, 0) is 130 Å². The van der Waals surface area contributed by atoms with Crippen LogP contribution in [0.4, 0.5) is 0 Å². The fourth-order valence-electron chi connectivity index (χ4n) is 7.67. The van der Waals surface area contributed by atoms with Crippen LogP contribution in [-0.2, 0) is 0 Å². The number of rotatable bonds is 8. The fraction of sp³-hybridized carbons (Fsp3) is 0. The van der Waals surface area contributed by atoms with E-state index in [4.69, 9.17) is 44.6 Å². The molecule has 3 aromatic heterocycles. The lowest BCUT2D eigenvalue weighted by molar-refractivity contribution is 0.0992. The molecule has 0 radical (unpaired) electrons. The van der Waals surface area contributed by atoms with Crippen LogP contribution in [0.2, 0.25) is 0 Å². The van der Waals surface area contributed by atoms with Gasteiger partial charge in [-0.25, -0.2) is 9.97 Å². The Morgan fingerprint density at radius 3 is 0.933 bits per heavy atom. The summed E-state index contributed by atoms with van der Waals surface area (Å²) in [7, 11) is 0. The van der Waals surface area contributed by atoms with E-state index in [1.54, 1.807) is 72.8 Å². The van der Waals surface area contributed by atoms with Gasteiger partial charge in [0.2, 0.25) is 11.8 Å². The first-order chi connectivity index (χ1) is 29.0. The summed E-state index contributed by atoms with van der Waals surface area (Å²) < 4.78 is 0. The molecular weight excluding hydrogens is 795 g/mol. The number of aromatic amines is 2. The summed E-state index contributed by atoms with van der Waals surface area (Å²) >= 11 is 12.0. The number of hydrogen-bond acceptors (Lipinski definition) is 6. The number of hydrogen-bond donors (Lipinski definition) is 4. The van der Waals surface area contributed by atoms with Crippen molar-refractivity contribution in [2.24, 2.45) is 11.5 Å². The Hall–Kier alpha value is -7.66. The fourth-order valence-corrected chi connectivity index (χ4v) is 7.91. The lowest BCUT2D eigenvalue weighted by Gasteiger charge is -2.08. The number of fused-ring (bicyclic) bond motifs is 8. The van der Waals surface area contributed by atoms with Crippen LogP contribution in [0, 0.1) is 0 Å². The van der Waals surface area contributed by atoms with Gasteiger partial charge in [-0.1, -0.05) is 60.7 Å². The summed E-state index contributed by atoms with van der Waals surface area (Å²) in [5.41, 5.74) is 23.0. The zero-order valence-electron chi connectivity index (χ0n) is 31.3. The molecule has 4 aromatic carbocycles. The van der Waals surface area contributed by atoms with E-state index in [0.717, 1.165) is 0 Å². The molecule has 60 heavy (non-hydrogen) atoms.